The molecule has 4 N–H and O–H groups in total. The molecule has 18 heavy (non-hydrogen) atoms. The zero-order valence-corrected chi connectivity index (χ0v) is 10.8. The Morgan fingerprint density at radius 3 is 2.83 bits per heavy atom. The zero-order chi connectivity index (χ0) is 13.0. The van der Waals surface area contributed by atoms with Gasteiger partial charge in [0.1, 0.15) is 11.5 Å². The quantitative estimate of drug-likeness (QED) is 0.593. The zero-order valence-electron chi connectivity index (χ0n) is 9.22. The Labute approximate surface area is 112 Å². The molecule has 0 atom stereocenters. The number of nitrogens with one attached hydrogen (secondary N) is 2. The first-order valence-corrected chi connectivity index (χ1v) is 5.84. The highest BCUT2D eigenvalue weighted by atomic mass is 79.9. The largest absolute Gasteiger partial charge is 0.324 e. The van der Waals surface area contributed by atoms with Crippen LogP contribution in [-0.2, 0) is 0 Å². The van der Waals surface area contributed by atoms with Gasteiger partial charge in [0.2, 0.25) is 0 Å². The Bertz CT molecular complexity index is 575. The van der Waals surface area contributed by atoms with E-state index >= 15 is 0 Å². The summed E-state index contributed by atoms with van der Waals surface area (Å²) in [5.41, 5.74) is 3.31. The van der Waals surface area contributed by atoms with E-state index in [2.05, 4.69) is 36.6 Å². The molecule has 7 heteroatoms. The van der Waals surface area contributed by atoms with E-state index in [0.717, 1.165) is 0 Å². The van der Waals surface area contributed by atoms with Crippen LogP contribution >= 0.6 is 15.9 Å². The topological polar surface area (TPSA) is 92.9 Å². The lowest BCUT2D eigenvalue weighted by Crippen LogP contribution is -2.16. The molecule has 0 saturated heterocycles. The molecule has 0 unspecified atom stereocenters. The van der Waals surface area contributed by atoms with Crippen molar-refractivity contribution < 1.29 is 4.79 Å². The molecular weight excluding hydrogens is 298 g/mol. The first-order valence-electron chi connectivity index (χ1n) is 5.05. The number of aromatic nitrogens is 2. The second kappa shape index (κ2) is 5.56. The molecule has 0 aromatic carbocycles. The first kappa shape index (κ1) is 12.5. The normalized spacial score (nSPS) is 9.89. The first-order chi connectivity index (χ1) is 8.70. The summed E-state index contributed by atoms with van der Waals surface area (Å²) < 4.78 is 0.700. The average molecular weight is 308 g/mol. The lowest BCUT2D eigenvalue weighted by Gasteiger charge is -2.06. The number of pyridine rings is 2. The fourth-order valence-corrected chi connectivity index (χ4v) is 1.65. The van der Waals surface area contributed by atoms with Crippen LogP contribution in [-0.4, -0.2) is 15.9 Å². The SMILES string of the molecule is NNc1ccnc(C(=O)Nc2ncccc2Br)c1. The molecule has 2 rings (SSSR count). The van der Waals surface area contributed by atoms with E-state index in [4.69, 9.17) is 5.84 Å². The highest BCUT2D eigenvalue weighted by Crippen LogP contribution is 2.19. The number of carbonyl (C=O) groups excluding carboxylic acids is 1. The maximum absolute atomic E-state index is 11.9. The number of rotatable bonds is 3. The van der Waals surface area contributed by atoms with E-state index < -0.39 is 0 Å². The van der Waals surface area contributed by atoms with Crippen LogP contribution in [0.4, 0.5) is 11.5 Å². The number of nitrogens with zero attached hydrogens (tertiary/aromatic N) is 2. The number of hydrazine groups is 1. The third kappa shape index (κ3) is 2.82. The van der Waals surface area contributed by atoms with Gasteiger partial charge in [-0.25, -0.2) is 4.98 Å². The summed E-state index contributed by atoms with van der Waals surface area (Å²) in [6.07, 6.45) is 3.09. The number of hydrogen-bond donors (Lipinski definition) is 3. The second-order valence-corrected chi connectivity index (χ2v) is 4.22. The fourth-order valence-electron chi connectivity index (χ4n) is 1.29. The second-order valence-electron chi connectivity index (χ2n) is 3.36. The van der Waals surface area contributed by atoms with Gasteiger partial charge < -0.3 is 10.7 Å². The van der Waals surface area contributed by atoms with Crippen LogP contribution in [0.2, 0.25) is 0 Å². The minimum Gasteiger partial charge on any atom is -0.324 e. The van der Waals surface area contributed by atoms with Gasteiger partial charge >= 0.3 is 0 Å². The van der Waals surface area contributed by atoms with Crippen LogP contribution in [0.3, 0.4) is 0 Å². The summed E-state index contributed by atoms with van der Waals surface area (Å²) in [4.78, 5) is 19.9. The molecule has 0 spiro atoms. The molecule has 0 aliphatic rings. The molecule has 0 fully saturated rings. The van der Waals surface area contributed by atoms with Gasteiger partial charge in [0.25, 0.3) is 5.91 Å². The van der Waals surface area contributed by atoms with Crippen molar-refractivity contribution in [3.05, 3.63) is 46.8 Å². The summed E-state index contributed by atoms with van der Waals surface area (Å²) in [5, 5.41) is 2.65. The third-order valence-electron chi connectivity index (χ3n) is 2.15. The fraction of sp³-hybridized carbons (Fsp3) is 0. The van der Waals surface area contributed by atoms with Gasteiger partial charge in [-0.05, 0) is 40.2 Å². The molecule has 0 bridgehead atoms. The Balaban J connectivity index is 2.19. The molecule has 92 valence electrons. The Morgan fingerprint density at radius 1 is 1.28 bits per heavy atom. The predicted molar refractivity (Wildman–Crippen MR) is 71.9 cm³/mol. The monoisotopic (exact) mass is 307 g/mol. The average Bonchev–Trinajstić information content (AvgIpc) is 2.41. The van der Waals surface area contributed by atoms with Crippen molar-refractivity contribution in [2.75, 3.05) is 10.7 Å². The summed E-state index contributed by atoms with van der Waals surface area (Å²) in [6, 6.07) is 6.75. The minimum absolute atomic E-state index is 0.253. The number of nitrogen functional groups attached to an aromatic ring is 1. The number of halogens is 1. The van der Waals surface area contributed by atoms with Crippen LogP contribution in [0.5, 0.6) is 0 Å². The number of nitrogens with two attached hydrogens (primary N) is 1. The van der Waals surface area contributed by atoms with E-state index in [0.29, 0.717) is 16.0 Å². The van der Waals surface area contributed by atoms with E-state index in [1.807, 2.05) is 0 Å². The van der Waals surface area contributed by atoms with Crippen LogP contribution in [0, 0.1) is 0 Å². The third-order valence-corrected chi connectivity index (χ3v) is 2.79. The summed E-state index contributed by atoms with van der Waals surface area (Å²) >= 11 is 3.30. The molecule has 1 amide bonds. The maximum Gasteiger partial charge on any atom is 0.275 e. The van der Waals surface area contributed by atoms with Crippen molar-refractivity contribution >= 4 is 33.3 Å². The number of hydrogen-bond acceptors (Lipinski definition) is 5. The highest BCUT2D eigenvalue weighted by Gasteiger charge is 2.10. The molecule has 2 aromatic heterocycles. The van der Waals surface area contributed by atoms with Crippen LogP contribution in [0.15, 0.2) is 41.1 Å². The molecule has 2 heterocycles. The van der Waals surface area contributed by atoms with Crippen molar-refractivity contribution in [1.29, 1.82) is 0 Å². The van der Waals surface area contributed by atoms with Crippen molar-refractivity contribution in [1.82, 2.24) is 9.97 Å². The van der Waals surface area contributed by atoms with Gasteiger partial charge in [-0.3, -0.25) is 15.6 Å². The van der Waals surface area contributed by atoms with Gasteiger partial charge in [-0.15, -0.1) is 0 Å². The van der Waals surface area contributed by atoms with E-state index in [-0.39, 0.29) is 11.6 Å². The van der Waals surface area contributed by atoms with Gasteiger partial charge in [0, 0.05) is 12.4 Å². The lowest BCUT2D eigenvalue weighted by atomic mass is 10.3. The van der Waals surface area contributed by atoms with E-state index in [1.165, 1.54) is 6.20 Å². The standard InChI is InChI=1S/C11H10BrN5O/c12-8-2-1-4-15-10(8)16-11(18)9-6-7(17-13)3-5-14-9/h1-6H,13H2,(H,14,17)(H,15,16,18). The molecular formula is C11H10BrN5O. The number of anilines is 2. The summed E-state index contributed by atoms with van der Waals surface area (Å²) in [6.45, 7) is 0. The van der Waals surface area contributed by atoms with Crippen LogP contribution in [0.1, 0.15) is 10.5 Å². The van der Waals surface area contributed by atoms with Gasteiger partial charge in [-0.2, -0.15) is 0 Å². The maximum atomic E-state index is 11.9. The molecule has 0 aliphatic heterocycles. The molecule has 0 saturated carbocycles. The van der Waals surface area contributed by atoms with Crippen molar-refractivity contribution in [2.24, 2.45) is 5.84 Å². The molecule has 6 nitrogen and oxygen atoms in total. The van der Waals surface area contributed by atoms with E-state index in [9.17, 15) is 4.79 Å². The van der Waals surface area contributed by atoms with Gasteiger partial charge in [0.15, 0.2) is 0 Å². The Kier molecular flexibility index (Phi) is 3.85. The Hall–Kier alpha value is -1.99. The number of amides is 1. The molecule has 0 radical (unpaired) electrons. The minimum atomic E-state index is -0.355. The van der Waals surface area contributed by atoms with Gasteiger partial charge in [0.05, 0.1) is 10.2 Å². The smallest absolute Gasteiger partial charge is 0.275 e. The summed E-state index contributed by atoms with van der Waals surface area (Å²) in [7, 11) is 0. The van der Waals surface area contributed by atoms with Gasteiger partial charge in [-0.1, -0.05) is 0 Å². The molecule has 2 aromatic rings. The van der Waals surface area contributed by atoms with Crippen molar-refractivity contribution in [2.45, 2.75) is 0 Å². The predicted octanol–water partition coefficient (Wildman–Crippen LogP) is 1.78. The highest BCUT2D eigenvalue weighted by molar-refractivity contribution is 9.10. The summed E-state index contributed by atoms with van der Waals surface area (Å²) in [5.74, 6) is 5.35. The lowest BCUT2D eigenvalue weighted by molar-refractivity contribution is 0.102. The van der Waals surface area contributed by atoms with Crippen molar-refractivity contribution in [3.63, 3.8) is 0 Å². The van der Waals surface area contributed by atoms with Crippen LogP contribution in [0.25, 0.3) is 0 Å². The Morgan fingerprint density at radius 2 is 2.11 bits per heavy atom. The van der Waals surface area contributed by atoms with Crippen molar-refractivity contribution in [3.8, 4) is 0 Å². The van der Waals surface area contributed by atoms with Crippen LogP contribution < -0.4 is 16.6 Å². The van der Waals surface area contributed by atoms with E-state index in [1.54, 1.807) is 30.5 Å². The molecule has 0 aliphatic carbocycles. The number of carbonyl (C=O) groups is 1.